The van der Waals surface area contributed by atoms with Gasteiger partial charge < -0.3 is 41.1 Å². The maximum atomic E-state index is 14.3. The van der Waals surface area contributed by atoms with Crippen molar-refractivity contribution in [3.63, 3.8) is 0 Å². The van der Waals surface area contributed by atoms with Gasteiger partial charge >= 0.3 is 6.09 Å². The van der Waals surface area contributed by atoms with Gasteiger partial charge in [-0.1, -0.05) is 12.1 Å². The first kappa shape index (κ1) is 34.7. The van der Waals surface area contributed by atoms with E-state index in [2.05, 4.69) is 10.6 Å². The lowest BCUT2D eigenvalue weighted by Gasteiger charge is -2.41. The number of amides is 5. The molecule has 2 aliphatic rings. The minimum atomic E-state index is -1.55. The highest BCUT2D eigenvalue weighted by molar-refractivity contribution is 5.98. The number of nitrogens with one attached hydrogen (secondary N) is 2. The van der Waals surface area contributed by atoms with E-state index in [9.17, 15) is 38.6 Å². The minimum Gasteiger partial charge on any atom is -0.444 e. The predicted octanol–water partition coefficient (Wildman–Crippen LogP) is 0.345. The molecule has 1 aromatic carbocycles. The van der Waals surface area contributed by atoms with Crippen LogP contribution in [-0.4, -0.2) is 104 Å². The third kappa shape index (κ3) is 8.03. The molecule has 0 aliphatic carbocycles. The fourth-order valence-electron chi connectivity index (χ4n) is 5.81. The monoisotopic (exact) mass is 621 g/mol. The molecule has 3 rings (SSSR count). The second-order valence-electron chi connectivity index (χ2n) is 12.6. The van der Waals surface area contributed by atoms with E-state index >= 15 is 0 Å². The lowest BCUT2D eigenvalue weighted by molar-refractivity contribution is -0.153. The Kier molecular flexibility index (Phi) is 11.0. The Morgan fingerprint density at radius 2 is 1.64 bits per heavy atom. The first-order valence-corrected chi connectivity index (χ1v) is 14.8. The van der Waals surface area contributed by atoms with E-state index in [-0.39, 0.29) is 32.4 Å². The van der Waals surface area contributed by atoms with Gasteiger partial charge in [0.15, 0.2) is 0 Å². The second-order valence-corrected chi connectivity index (χ2v) is 12.6. The quantitative estimate of drug-likeness (QED) is 0.247. The van der Waals surface area contributed by atoms with Gasteiger partial charge in [0.1, 0.15) is 35.1 Å². The number of benzene rings is 1. The Balaban J connectivity index is 1.94. The largest absolute Gasteiger partial charge is 0.444 e. The normalized spacial score (nSPS) is 23.0. The summed E-state index contributed by atoms with van der Waals surface area (Å²) < 4.78 is 18.9. The fourth-order valence-corrected chi connectivity index (χ4v) is 5.81. The van der Waals surface area contributed by atoms with Crippen molar-refractivity contribution in [2.75, 3.05) is 13.1 Å². The summed E-state index contributed by atoms with van der Waals surface area (Å²) in [4.78, 5) is 69.0. The SMILES string of the molecule is C[C@@H](O)[C@H](NC(=O)[C@@]1(Cc2ccc(F)cc2)CCCN1C(=O)[C@@H]1CCCN1C(=O)[C@@H](NC(=O)OC(C)(C)C)[C@@H](C)O)C(N)=O. The molecule has 1 aromatic rings. The van der Waals surface area contributed by atoms with E-state index in [0.717, 1.165) is 0 Å². The third-order valence-electron chi connectivity index (χ3n) is 7.90. The number of aliphatic hydroxyl groups excluding tert-OH is 2. The summed E-state index contributed by atoms with van der Waals surface area (Å²) in [5, 5.41) is 25.4. The molecule has 0 radical (unpaired) electrons. The van der Waals surface area contributed by atoms with Gasteiger partial charge in [-0.05, 0) is 78.0 Å². The fraction of sp³-hybridized carbons (Fsp3) is 0.633. The number of hydrogen-bond acceptors (Lipinski definition) is 8. The summed E-state index contributed by atoms with van der Waals surface area (Å²) in [6.07, 6.45) is -2.25. The number of ether oxygens (including phenoxy) is 1. The molecule has 244 valence electrons. The van der Waals surface area contributed by atoms with Crippen LogP contribution in [-0.2, 0) is 30.3 Å². The van der Waals surface area contributed by atoms with Crippen molar-refractivity contribution in [3.05, 3.63) is 35.6 Å². The van der Waals surface area contributed by atoms with Crippen LogP contribution in [0.1, 0.15) is 65.9 Å². The van der Waals surface area contributed by atoms with E-state index in [1.54, 1.807) is 20.8 Å². The van der Waals surface area contributed by atoms with Crippen LogP contribution in [0.25, 0.3) is 0 Å². The highest BCUT2D eigenvalue weighted by Gasteiger charge is 2.53. The highest BCUT2D eigenvalue weighted by atomic mass is 19.1. The molecule has 2 fully saturated rings. The van der Waals surface area contributed by atoms with Crippen molar-refractivity contribution in [2.24, 2.45) is 5.73 Å². The van der Waals surface area contributed by atoms with Crippen molar-refractivity contribution < 1.29 is 43.3 Å². The highest BCUT2D eigenvalue weighted by Crippen LogP contribution is 2.36. The topological polar surface area (TPSA) is 192 Å². The van der Waals surface area contributed by atoms with Crippen LogP contribution in [0.2, 0.25) is 0 Å². The van der Waals surface area contributed by atoms with E-state index in [1.165, 1.54) is 47.9 Å². The number of nitrogens with zero attached hydrogens (tertiary/aromatic N) is 2. The number of carbonyl (C=O) groups excluding carboxylic acids is 5. The van der Waals surface area contributed by atoms with Gasteiger partial charge in [-0.25, -0.2) is 9.18 Å². The van der Waals surface area contributed by atoms with Gasteiger partial charge in [0.05, 0.1) is 12.2 Å². The molecule has 0 saturated carbocycles. The maximum absolute atomic E-state index is 14.3. The molecule has 2 saturated heterocycles. The van der Waals surface area contributed by atoms with Gasteiger partial charge in [0.2, 0.25) is 23.6 Å². The zero-order valence-electron chi connectivity index (χ0n) is 25.8. The van der Waals surface area contributed by atoms with Gasteiger partial charge in [0.25, 0.3) is 0 Å². The number of alkyl carbamates (subject to hydrolysis) is 1. The number of carbonyl (C=O) groups is 5. The number of rotatable bonds is 10. The van der Waals surface area contributed by atoms with Crippen LogP contribution >= 0.6 is 0 Å². The molecule has 14 heteroatoms. The summed E-state index contributed by atoms with van der Waals surface area (Å²) in [6, 6.07) is 1.61. The average Bonchev–Trinajstić information content (AvgIpc) is 3.57. The van der Waals surface area contributed by atoms with Gasteiger partial charge in [0, 0.05) is 19.5 Å². The van der Waals surface area contributed by atoms with Crippen molar-refractivity contribution in [3.8, 4) is 0 Å². The van der Waals surface area contributed by atoms with Crippen molar-refractivity contribution >= 4 is 29.7 Å². The van der Waals surface area contributed by atoms with Crippen LogP contribution < -0.4 is 16.4 Å². The Morgan fingerprint density at radius 1 is 1.02 bits per heavy atom. The summed E-state index contributed by atoms with van der Waals surface area (Å²) in [5.41, 5.74) is 3.57. The third-order valence-corrected chi connectivity index (χ3v) is 7.90. The summed E-state index contributed by atoms with van der Waals surface area (Å²) in [5.74, 6) is -3.38. The van der Waals surface area contributed by atoms with Gasteiger partial charge in [-0.15, -0.1) is 0 Å². The summed E-state index contributed by atoms with van der Waals surface area (Å²) >= 11 is 0. The number of primary amides is 1. The predicted molar refractivity (Wildman–Crippen MR) is 156 cm³/mol. The number of likely N-dealkylation sites (tertiary alicyclic amines) is 2. The van der Waals surface area contributed by atoms with E-state index in [1.807, 2.05) is 0 Å². The zero-order valence-corrected chi connectivity index (χ0v) is 25.8. The molecule has 0 bridgehead atoms. The van der Waals surface area contributed by atoms with Crippen LogP contribution in [0.5, 0.6) is 0 Å². The van der Waals surface area contributed by atoms with Crippen molar-refractivity contribution in [1.29, 1.82) is 0 Å². The van der Waals surface area contributed by atoms with Gasteiger partial charge in [-0.2, -0.15) is 0 Å². The molecule has 5 amide bonds. The molecule has 2 aliphatic heterocycles. The lowest BCUT2D eigenvalue weighted by Crippen LogP contribution is -2.65. The molecule has 0 spiro atoms. The van der Waals surface area contributed by atoms with Crippen LogP contribution in [0.3, 0.4) is 0 Å². The van der Waals surface area contributed by atoms with Crippen LogP contribution in [0.15, 0.2) is 24.3 Å². The summed E-state index contributed by atoms with van der Waals surface area (Å²) in [6.45, 7) is 7.91. The van der Waals surface area contributed by atoms with Crippen LogP contribution in [0, 0.1) is 5.82 Å². The van der Waals surface area contributed by atoms with Crippen molar-refractivity contribution in [2.45, 2.75) is 108 Å². The van der Waals surface area contributed by atoms with E-state index in [4.69, 9.17) is 10.5 Å². The molecule has 0 unspecified atom stereocenters. The molecular weight excluding hydrogens is 577 g/mol. The molecular formula is C30H44FN5O8. The molecule has 6 N–H and O–H groups in total. The molecule has 6 atom stereocenters. The van der Waals surface area contributed by atoms with Gasteiger partial charge in [-0.3, -0.25) is 19.2 Å². The standard InChI is InChI=1S/C30H44FN5O8/c1-17(37)22(24(32)39)33-27(42)30(16-19-9-11-20(31)12-10-19)13-7-15-36(30)25(40)21-8-6-14-35(21)26(41)23(18(2)38)34-28(43)44-29(3,4)5/h9-12,17-18,21-23,37-38H,6-8,13-16H2,1-5H3,(H2,32,39)(H,33,42)(H,34,43)/t17-,18-,21+,22+,23+,30+/m1/s1. The van der Waals surface area contributed by atoms with E-state index < -0.39 is 77.0 Å². The van der Waals surface area contributed by atoms with E-state index in [0.29, 0.717) is 18.4 Å². The van der Waals surface area contributed by atoms with Crippen molar-refractivity contribution in [1.82, 2.24) is 20.4 Å². The molecule has 2 heterocycles. The zero-order chi connectivity index (χ0) is 33.0. The Hall–Kier alpha value is -3.78. The Morgan fingerprint density at radius 3 is 2.18 bits per heavy atom. The molecule has 44 heavy (non-hydrogen) atoms. The Labute approximate surface area is 256 Å². The number of hydrogen-bond donors (Lipinski definition) is 5. The number of nitrogens with two attached hydrogens (primary N) is 1. The smallest absolute Gasteiger partial charge is 0.408 e. The first-order chi connectivity index (χ1) is 20.5. The lowest BCUT2D eigenvalue weighted by atomic mass is 9.86. The molecule has 13 nitrogen and oxygen atoms in total. The number of halogens is 1. The Bertz CT molecular complexity index is 1230. The molecule has 0 aromatic heterocycles. The second kappa shape index (κ2) is 13.9. The maximum Gasteiger partial charge on any atom is 0.408 e. The minimum absolute atomic E-state index is 0.0344. The first-order valence-electron chi connectivity index (χ1n) is 14.8. The summed E-state index contributed by atoms with van der Waals surface area (Å²) in [7, 11) is 0. The average molecular weight is 622 g/mol. The van der Waals surface area contributed by atoms with Crippen LogP contribution in [0.4, 0.5) is 9.18 Å². The number of aliphatic hydroxyl groups is 2.